The maximum absolute atomic E-state index is 10.1. The van der Waals surface area contributed by atoms with Crippen LogP contribution in [-0.4, -0.2) is 17.6 Å². The summed E-state index contributed by atoms with van der Waals surface area (Å²) in [7, 11) is 0. The van der Waals surface area contributed by atoms with Crippen LogP contribution in [0.3, 0.4) is 0 Å². The molecule has 0 aromatic rings. The van der Waals surface area contributed by atoms with Gasteiger partial charge < -0.3 is 10.8 Å². The second kappa shape index (κ2) is 11.9. The molecule has 0 rings (SSSR count). The van der Waals surface area contributed by atoms with E-state index in [2.05, 4.69) is 0 Å². The van der Waals surface area contributed by atoms with Crippen molar-refractivity contribution in [2.75, 3.05) is 6.54 Å². The van der Waals surface area contributed by atoms with E-state index >= 15 is 0 Å². The van der Waals surface area contributed by atoms with E-state index in [0.29, 0.717) is 6.42 Å². The minimum atomic E-state index is -0.683. The summed E-state index contributed by atoms with van der Waals surface area (Å²) in [4.78, 5) is 10.1. The van der Waals surface area contributed by atoms with E-state index < -0.39 is 5.97 Å². The van der Waals surface area contributed by atoms with Gasteiger partial charge in [-0.1, -0.05) is 25.7 Å². The van der Waals surface area contributed by atoms with E-state index in [1.807, 2.05) is 0 Å². The molecule has 0 atom stereocenters. The van der Waals surface area contributed by atoms with Crippen LogP contribution in [0.4, 0.5) is 0 Å². The van der Waals surface area contributed by atoms with Crippen LogP contribution in [0, 0.1) is 0 Å². The summed E-state index contributed by atoms with van der Waals surface area (Å²) in [6.45, 7) is 0.773. The molecule has 0 amide bonds. The molecule has 0 aromatic heterocycles. The second-order valence-corrected chi connectivity index (χ2v) is 3.05. The normalized spacial score (nSPS) is 9.31. The molecule has 0 aromatic carbocycles. The zero-order valence-corrected chi connectivity index (χ0v) is 9.71. The Hall–Kier alpha value is -0.0900. The van der Waals surface area contributed by atoms with E-state index in [4.69, 9.17) is 10.8 Å². The maximum Gasteiger partial charge on any atom is 0.303 e. The number of carbonyl (C=O) groups is 1. The molecule has 4 heteroatoms. The molecule has 0 aliphatic carbocycles. The van der Waals surface area contributed by atoms with Gasteiger partial charge in [0.25, 0.3) is 0 Å². The Balaban J connectivity index is 0. The largest absolute Gasteiger partial charge is 0.481 e. The van der Waals surface area contributed by atoms with Crippen molar-refractivity contribution in [2.24, 2.45) is 5.73 Å². The summed E-state index contributed by atoms with van der Waals surface area (Å²) in [6.07, 6.45) is 6.79. The van der Waals surface area contributed by atoms with Crippen molar-refractivity contribution in [3.63, 3.8) is 0 Å². The fourth-order valence-corrected chi connectivity index (χ4v) is 1.13. The third kappa shape index (κ3) is 14.7. The number of aliphatic carboxylic acids is 1. The molecule has 3 nitrogen and oxygen atoms in total. The summed E-state index contributed by atoms with van der Waals surface area (Å²) in [6, 6.07) is 0. The van der Waals surface area contributed by atoms with Crippen molar-refractivity contribution in [1.29, 1.82) is 0 Å². The van der Waals surface area contributed by atoms with E-state index in [-0.39, 0.29) is 17.0 Å². The first-order valence-corrected chi connectivity index (χ1v) is 4.69. The summed E-state index contributed by atoms with van der Waals surface area (Å²) in [5, 5.41) is 8.34. The highest BCUT2D eigenvalue weighted by Crippen LogP contribution is 2.06. The molecule has 0 fully saturated rings. The van der Waals surface area contributed by atoms with Crippen LogP contribution in [0.2, 0.25) is 0 Å². The first kappa shape index (κ1) is 15.4. The van der Waals surface area contributed by atoms with Crippen LogP contribution in [0.5, 0.6) is 0 Å². The van der Waals surface area contributed by atoms with Gasteiger partial charge in [0.15, 0.2) is 0 Å². The summed E-state index contributed by atoms with van der Waals surface area (Å²) in [5.41, 5.74) is 5.33. The molecule has 0 unspecified atom stereocenters. The Morgan fingerprint density at radius 1 is 1.00 bits per heavy atom. The van der Waals surface area contributed by atoms with Crippen molar-refractivity contribution >= 4 is 23.0 Å². The van der Waals surface area contributed by atoms with Gasteiger partial charge >= 0.3 is 5.97 Å². The number of hydrogen-bond donors (Lipinski definition) is 2. The number of unbranched alkanes of at least 4 members (excludes halogenated alkanes) is 5. The summed E-state index contributed by atoms with van der Waals surface area (Å²) < 4.78 is 0. The lowest BCUT2D eigenvalue weighted by Crippen LogP contribution is -1.97. The van der Waals surface area contributed by atoms with Gasteiger partial charge in [0.2, 0.25) is 0 Å². The zero-order valence-electron chi connectivity index (χ0n) is 8.00. The highest BCUT2D eigenvalue weighted by molar-refractivity contribution is 8.93. The zero-order chi connectivity index (χ0) is 9.23. The lowest BCUT2D eigenvalue weighted by atomic mass is 10.1. The molecule has 0 saturated heterocycles. The van der Waals surface area contributed by atoms with Gasteiger partial charge in [0.05, 0.1) is 0 Å². The van der Waals surface area contributed by atoms with Crippen molar-refractivity contribution < 1.29 is 9.90 Å². The quantitative estimate of drug-likeness (QED) is 0.653. The fourth-order valence-electron chi connectivity index (χ4n) is 1.13. The van der Waals surface area contributed by atoms with Crippen LogP contribution >= 0.6 is 17.0 Å². The molecule has 0 bridgehead atoms. The molecule has 80 valence electrons. The van der Waals surface area contributed by atoms with Gasteiger partial charge in [-0.05, 0) is 19.4 Å². The third-order valence-electron chi connectivity index (χ3n) is 1.84. The maximum atomic E-state index is 10.1. The standard InChI is InChI=1S/C9H19NO2.BrH/c10-8-6-4-2-1-3-5-7-9(11)12;/h1-8,10H2,(H,11,12);1H. The number of nitrogens with two attached hydrogens (primary N) is 1. The van der Waals surface area contributed by atoms with Gasteiger partial charge in [-0.15, -0.1) is 17.0 Å². The first-order chi connectivity index (χ1) is 5.77. The molecular formula is C9H20BrNO2. The molecular weight excluding hydrogens is 234 g/mol. The monoisotopic (exact) mass is 253 g/mol. The van der Waals surface area contributed by atoms with Crippen LogP contribution in [-0.2, 0) is 4.79 Å². The predicted octanol–water partition coefficient (Wildman–Crippen LogP) is 2.34. The Bertz CT molecular complexity index is 120. The predicted molar refractivity (Wildman–Crippen MR) is 59.3 cm³/mol. The lowest BCUT2D eigenvalue weighted by Gasteiger charge is -1.98. The number of rotatable bonds is 8. The van der Waals surface area contributed by atoms with Crippen molar-refractivity contribution in [1.82, 2.24) is 0 Å². The number of hydrogen-bond acceptors (Lipinski definition) is 2. The lowest BCUT2D eigenvalue weighted by molar-refractivity contribution is -0.137. The van der Waals surface area contributed by atoms with Gasteiger partial charge in [0.1, 0.15) is 0 Å². The van der Waals surface area contributed by atoms with Gasteiger partial charge in [0, 0.05) is 6.42 Å². The SMILES string of the molecule is Br.NCCCCCCCCC(=O)O. The minimum Gasteiger partial charge on any atom is -0.481 e. The molecule has 0 aliphatic rings. The minimum absolute atomic E-state index is 0. The molecule has 13 heavy (non-hydrogen) atoms. The Kier molecular flexibility index (Phi) is 14.1. The van der Waals surface area contributed by atoms with Crippen LogP contribution in [0.1, 0.15) is 44.9 Å². The average molecular weight is 254 g/mol. The second-order valence-electron chi connectivity index (χ2n) is 3.05. The highest BCUT2D eigenvalue weighted by atomic mass is 79.9. The van der Waals surface area contributed by atoms with Gasteiger partial charge in [-0.2, -0.15) is 0 Å². The smallest absolute Gasteiger partial charge is 0.303 e. The molecule has 0 radical (unpaired) electrons. The van der Waals surface area contributed by atoms with Crippen LogP contribution in [0.15, 0.2) is 0 Å². The van der Waals surface area contributed by atoms with E-state index in [1.165, 1.54) is 12.8 Å². The number of halogens is 1. The molecule has 3 N–H and O–H groups in total. The topological polar surface area (TPSA) is 63.3 Å². The third-order valence-corrected chi connectivity index (χ3v) is 1.84. The first-order valence-electron chi connectivity index (χ1n) is 4.69. The molecule has 0 aliphatic heterocycles. The Morgan fingerprint density at radius 3 is 1.92 bits per heavy atom. The fraction of sp³-hybridized carbons (Fsp3) is 0.889. The van der Waals surface area contributed by atoms with E-state index in [1.54, 1.807) is 0 Å². The molecule has 0 saturated carbocycles. The van der Waals surface area contributed by atoms with Crippen LogP contribution < -0.4 is 5.73 Å². The van der Waals surface area contributed by atoms with Gasteiger partial charge in [-0.3, -0.25) is 4.79 Å². The molecule has 0 heterocycles. The molecule has 0 spiro atoms. The summed E-state index contributed by atoms with van der Waals surface area (Å²) in [5.74, 6) is -0.683. The van der Waals surface area contributed by atoms with Crippen molar-refractivity contribution in [3.8, 4) is 0 Å². The highest BCUT2D eigenvalue weighted by Gasteiger charge is 1.95. The Labute approximate surface area is 90.5 Å². The Morgan fingerprint density at radius 2 is 1.46 bits per heavy atom. The summed E-state index contributed by atoms with van der Waals surface area (Å²) >= 11 is 0. The average Bonchev–Trinajstić information content (AvgIpc) is 2.02. The van der Waals surface area contributed by atoms with Crippen molar-refractivity contribution in [3.05, 3.63) is 0 Å². The van der Waals surface area contributed by atoms with Crippen molar-refractivity contribution in [2.45, 2.75) is 44.9 Å². The van der Waals surface area contributed by atoms with Crippen LogP contribution in [0.25, 0.3) is 0 Å². The van der Waals surface area contributed by atoms with Gasteiger partial charge in [-0.25, -0.2) is 0 Å². The number of carboxylic acid groups (broad SMARTS) is 1. The number of carboxylic acids is 1. The van der Waals surface area contributed by atoms with E-state index in [9.17, 15) is 4.79 Å². The van der Waals surface area contributed by atoms with E-state index in [0.717, 1.165) is 32.2 Å².